The fourth-order valence-electron chi connectivity index (χ4n) is 4.10. The van der Waals surface area contributed by atoms with E-state index in [0.717, 1.165) is 5.56 Å². The molecular weight excluding hydrogens is 386 g/mol. The summed E-state index contributed by atoms with van der Waals surface area (Å²) in [5.41, 5.74) is -0.342. The third-order valence-corrected chi connectivity index (χ3v) is 5.82. The Kier molecular flexibility index (Phi) is 5.48. The van der Waals surface area contributed by atoms with Crippen LogP contribution in [0, 0.1) is 5.92 Å². The summed E-state index contributed by atoms with van der Waals surface area (Å²) in [6.45, 7) is 1.77. The normalized spacial score (nSPS) is 21.8. The predicted molar refractivity (Wildman–Crippen MR) is 111 cm³/mol. The third-order valence-electron chi connectivity index (χ3n) is 5.82. The molecule has 0 aromatic heterocycles. The number of rotatable bonds is 8. The molecule has 0 heterocycles. The van der Waals surface area contributed by atoms with Crippen molar-refractivity contribution in [3.05, 3.63) is 90.0 Å². The van der Waals surface area contributed by atoms with E-state index < -0.39 is 23.9 Å². The van der Waals surface area contributed by atoms with Gasteiger partial charge in [-0.1, -0.05) is 42.5 Å². The van der Waals surface area contributed by atoms with Crippen LogP contribution in [-0.4, -0.2) is 24.2 Å². The van der Waals surface area contributed by atoms with E-state index in [-0.39, 0.29) is 6.42 Å². The van der Waals surface area contributed by atoms with Gasteiger partial charge in [-0.15, -0.1) is 0 Å². The summed E-state index contributed by atoms with van der Waals surface area (Å²) in [5, 5.41) is 9.94. The first kappa shape index (κ1) is 20.4. The van der Waals surface area contributed by atoms with Crippen molar-refractivity contribution >= 4 is 0 Å². The summed E-state index contributed by atoms with van der Waals surface area (Å²) >= 11 is 0. The third kappa shape index (κ3) is 3.54. The van der Waals surface area contributed by atoms with Crippen molar-refractivity contribution in [3.63, 3.8) is 0 Å². The molecule has 2 unspecified atom stereocenters. The number of hydrogen-bond acceptors (Lipinski definition) is 3. The predicted octanol–water partition coefficient (Wildman–Crippen LogP) is 5.62. The van der Waals surface area contributed by atoms with E-state index >= 15 is 0 Å². The van der Waals surface area contributed by atoms with Crippen LogP contribution in [0.15, 0.2) is 78.9 Å². The van der Waals surface area contributed by atoms with Crippen molar-refractivity contribution in [3.8, 4) is 17.2 Å². The Morgan fingerprint density at radius 1 is 0.833 bits per heavy atom. The van der Waals surface area contributed by atoms with Crippen molar-refractivity contribution in [2.24, 2.45) is 5.92 Å². The Labute approximate surface area is 174 Å². The van der Waals surface area contributed by atoms with E-state index in [9.17, 15) is 13.9 Å². The molecule has 2 atom stereocenters. The Morgan fingerprint density at radius 2 is 1.43 bits per heavy atom. The van der Waals surface area contributed by atoms with Gasteiger partial charge < -0.3 is 14.6 Å². The molecule has 4 rings (SSSR count). The van der Waals surface area contributed by atoms with E-state index in [1.807, 2.05) is 37.3 Å². The fourth-order valence-corrected chi connectivity index (χ4v) is 4.10. The summed E-state index contributed by atoms with van der Waals surface area (Å²) in [6.07, 6.45) is 0.173. The Bertz CT molecular complexity index is 972. The molecule has 3 aromatic carbocycles. The van der Waals surface area contributed by atoms with Crippen molar-refractivity contribution < 1.29 is 23.4 Å². The maximum Gasteiger partial charge on any atom is 0.264 e. The van der Waals surface area contributed by atoms with Gasteiger partial charge in [0, 0.05) is 5.92 Å². The number of halogens is 2. The summed E-state index contributed by atoms with van der Waals surface area (Å²) in [7, 11) is 0. The molecule has 0 saturated heterocycles. The van der Waals surface area contributed by atoms with Gasteiger partial charge in [-0.2, -0.15) is 0 Å². The van der Waals surface area contributed by atoms with Crippen LogP contribution in [0.4, 0.5) is 8.78 Å². The molecular formula is C25H24F2O3. The van der Waals surface area contributed by atoms with Crippen molar-refractivity contribution in [1.82, 2.24) is 0 Å². The molecule has 5 heteroatoms. The molecule has 0 aliphatic heterocycles. The van der Waals surface area contributed by atoms with Crippen molar-refractivity contribution in [1.29, 1.82) is 0 Å². The van der Waals surface area contributed by atoms with E-state index in [0.29, 0.717) is 29.4 Å². The molecule has 3 aromatic rings. The number of para-hydroxylation sites is 1. The van der Waals surface area contributed by atoms with E-state index in [2.05, 4.69) is 0 Å². The second-order valence-corrected chi connectivity index (χ2v) is 7.53. The lowest BCUT2D eigenvalue weighted by Gasteiger charge is -2.15. The van der Waals surface area contributed by atoms with Crippen LogP contribution in [0.5, 0.6) is 17.2 Å². The van der Waals surface area contributed by atoms with Crippen LogP contribution >= 0.6 is 0 Å². The zero-order valence-corrected chi connectivity index (χ0v) is 16.7. The number of hydrogen-bond donors (Lipinski definition) is 1. The highest BCUT2D eigenvalue weighted by Crippen LogP contribution is 2.67. The standard InChI is InChI=1S/C25H24F2O3/c1-2-29-20-14-10-19(11-15-20)24(17-28)23(25(24,26)27)16-18-8-12-22(13-9-18)30-21-6-4-3-5-7-21/h3-15,23,28H,2,16-17H2,1H3. The van der Waals surface area contributed by atoms with Crippen molar-refractivity contribution in [2.45, 2.75) is 24.7 Å². The lowest BCUT2D eigenvalue weighted by Crippen LogP contribution is -2.21. The number of benzene rings is 3. The molecule has 30 heavy (non-hydrogen) atoms. The Morgan fingerprint density at radius 3 is 2.03 bits per heavy atom. The Hall–Kier alpha value is -2.92. The molecule has 1 aliphatic rings. The first-order chi connectivity index (χ1) is 14.5. The van der Waals surface area contributed by atoms with Crippen LogP contribution in [-0.2, 0) is 11.8 Å². The largest absolute Gasteiger partial charge is 0.494 e. The summed E-state index contributed by atoms with van der Waals surface area (Å²) in [5.74, 6) is -1.95. The van der Waals surface area contributed by atoms with Gasteiger partial charge in [0.2, 0.25) is 0 Å². The zero-order chi connectivity index (χ0) is 21.2. The van der Waals surface area contributed by atoms with Crippen LogP contribution in [0.3, 0.4) is 0 Å². The maximum atomic E-state index is 14.9. The first-order valence-corrected chi connectivity index (χ1v) is 10.0. The lowest BCUT2D eigenvalue weighted by atomic mass is 9.91. The van der Waals surface area contributed by atoms with Gasteiger partial charge in [0.15, 0.2) is 0 Å². The van der Waals surface area contributed by atoms with Gasteiger partial charge in [0.25, 0.3) is 5.92 Å². The monoisotopic (exact) mass is 410 g/mol. The topological polar surface area (TPSA) is 38.7 Å². The summed E-state index contributed by atoms with van der Waals surface area (Å²) in [4.78, 5) is 0. The molecule has 1 N–H and O–H groups in total. The van der Waals surface area contributed by atoms with Gasteiger partial charge in [-0.05, 0) is 60.9 Å². The minimum atomic E-state index is -2.98. The molecule has 0 amide bonds. The molecule has 0 radical (unpaired) electrons. The van der Waals surface area contributed by atoms with Gasteiger partial charge in [0.1, 0.15) is 17.2 Å². The first-order valence-electron chi connectivity index (χ1n) is 10.0. The highest BCUT2D eigenvalue weighted by Gasteiger charge is 2.80. The van der Waals surface area contributed by atoms with Crippen molar-refractivity contribution in [2.75, 3.05) is 13.2 Å². The molecule has 0 bridgehead atoms. The number of aliphatic hydroxyl groups is 1. The minimum Gasteiger partial charge on any atom is -0.494 e. The second kappa shape index (κ2) is 8.07. The molecule has 1 aliphatic carbocycles. The second-order valence-electron chi connectivity index (χ2n) is 7.53. The van der Waals surface area contributed by atoms with Gasteiger partial charge >= 0.3 is 0 Å². The van der Waals surface area contributed by atoms with Gasteiger partial charge in [-0.3, -0.25) is 0 Å². The highest BCUT2D eigenvalue weighted by atomic mass is 19.3. The average molecular weight is 410 g/mol. The van der Waals surface area contributed by atoms with Gasteiger partial charge in [0.05, 0.1) is 18.6 Å². The lowest BCUT2D eigenvalue weighted by molar-refractivity contribution is 0.0603. The summed E-state index contributed by atoms with van der Waals surface area (Å²) < 4.78 is 40.9. The SMILES string of the molecule is CCOc1ccc(C2(CO)C(Cc3ccc(Oc4ccccc4)cc3)C2(F)F)cc1. The molecule has 156 valence electrons. The highest BCUT2D eigenvalue weighted by molar-refractivity contribution is 5.45. The van der Waals surface area contributed by atoms with E-state index in [4.69, 9.17) is 9.47 Å². The number of aliphatic hydroxyl groups excluding tert-OH is 1. The fraction of sp³-hybridized carbons (Fsp3) is 0.280. The van der Waals surface area contributed by atoms with Crippen LogP contribution in [0.1, 0.15) is 18.1 Å². The van der Waals surface area contributed by atoms with Crippen LogP contribution in [0.2, 0.25) is 0 Å². The van der Waals surface area contributed by atoms with Gasteiger partial charge in [-0.25, -0.2) is 8.78 Å². The molecule has 0 spiro atoms. The smallest absolute Gasteiger partial charge is 0.264 e. The van der Waals surface area contributed by atoms with E-state index in [1.165, 1.54) is 0 Å². The number of ether oxygens (including phenoxy) is 2. The summed E-state index contributed by atoms with van der Waals surface area (Å²) in [6, 6.07) is 23.1. The molecule has 1 fully saturated rings. The molecule has 1 saturated carbocycles. The Balaban J connectivity index is 1.49. The van der Waals surface area contributed by atoms with Crippen LogP contribution < -0.4 is 9.47 Å². The zero-order valence-electron chi connectivity index (χ0n) is 16.7. The maximum absolute atomic E-state index is 14.9. The van der Waals surface area contributed by atoms with E-state index in [1.54, 1.807) is 48.5 Å². The molecule has 3 nitrogen and oxygen atoms in total. The average Bonchev–Trinajstić information content (AvgIpc) is 3.25. The number of alkyl halides is 2. The minimum absolute atomic E-state index is 0.173. The quantitative estimate of drug-likeness (QED) is 0.524. The van der Waals surface area contributed by atoms with Crippen LogP contribution in [0.25, 0.3) is 0 Å².